The van der Waals surface area contributed by atoms with Crippen LogP contribution in [0.1, 0.15) is 11.5 Å². The third-order valence-corrected chi connectivity index (χ3v) is 3.29. The summed E-state index contributed by atoms with van der Waals surface area (Å²) in [6.45, 7) is -0.851. The van der Waals surface area contributed by atoms with Crippen molar-refractivity contribution in [2.24, 2.45) is 0 Å². The summed E-state index contributed by atoms with van der Waals surface area (Å²) in [4.78, 5) is 11.3. The Morgan fingerprint density at radius 1 is 1.50 bits per heavy atom. The van der Waals surface area contributed by atoms with Gasteiger partial charge in [0.05, 0.1) is 16.1 Å². The second-order valence-corrected chi connectivity index (χ2v) is 4.77. The Kier molecular flexibility index (Phi) is 4.73. The summed E-state index contributed by atoms with van der Waals surface area (Å²) in [6, 6.07) is 2.97. The number of ether oxygens (including phenoxy) is 1. The number of rotatable bonds is 3. The lowest BCUT2D eigenvalue weighted by Crippen LogP contribution is -2.16. The number of halogens is 3. The van der Waals surface area contributed by atoms with Gasteiger partial charge in [0.1, 0.15) is 18.3 Å². The number of esters is 1. The first kappa shape index (κ1) is 13.4. The lowest BCUT2D eigenvalue weighted by Gasteiger charge is -2.12. The molecular weight excluding hydrogens is 347 g/mol. The Hall–Kier alpha value is -0.620. The Labute approximate surface area is 109 Å². The van der Waals surface area contributed by atoms with E-state index in [9.17, 15) is 14.3 Å². The first-order valence-electron chi connectivity index (χ1n) is 4.33. The number of phenolic OH excluding ortho intramolecular Hbond substituents is 1. The van der Waals surface area contributed by atoms with Crippen molar-refractivity contribution in [1.82, 2.24) is 0 Å². The van der Waals surface area contributed by atoms with Crippen LogP contribution in [0, 0.1) is 0 Å². The van der Waals surface area contributed by atoms with Gasteiger partial charge in [0.25, 0.3) is 0 Å². The highest BCUT2D eigenvalue weighted by Gasteiger charge is 2.23. The van der Waals surface area contributed by atoms with E-state index in [1.807, 2.05) is 0 Å². The molecule has 6 heteroatoms. The summed E-state index contributed by atoms with van der Waals surface area (Å²) >= 11 is 6.22. The van der Waals surface area contributed by atoms with Crippen LogP contribution in [0.25, 0.3) is 0 Å². The standard InChI is InChI=1S/C10H9Br2FO3/c1-16-10(15)6(4-13)5-2-7(11)9(14)8(12)3-5/h2-3,6,14H,4H2,1H3/t6-/m0/s1. The fraction of sp³-hybridized carbons (Fsp3) is 0.300. The number of alkyl halides is 1. The third-order valence-electron chi connectivity index (χ3n) is 2.08. The van der Waals surface area contributed by atoms with Crippen molar-refractivity contribution in [2.75, 3.05) is 13.8 Å². The molecule has 0 heterocycles. The molecule has 1 atom stereocenters. The minimum absolute atomic E-state index is 0.00576. The number of carbonyl (C=O) groups excluding carboxylic acids is 1. The van der Waals surface area contributed by atoms with E-state index in [1.54, 1.807) is 0 Å². The first-order chi connectivity index (χ1) is 7.51. The molecule has 16 heavy (non-hydrogen) atoms. The van der Waals surface area contributed by atoms with Gasteiger partial charge in [-0.15, -0.1) is 0 Å². The van der Waals surface area contributed by atoms with E-state index in [4.69, 9.17) is 0 Å². The number of hydrogen-bond acceptors (Lipinski definition) is 3. The highest BCUT2D eigenvalue weighted by Crippen LogP contribution is 2.35. The van der Waals surface area contributed by atoms with Gasteiger partial charge in [-0.1, -0.05) is 0 Å². The summed E-state index contributed by atoms with van der Waals surface area (Å²) < 4.78 is 18.0. The second-order valence-electron chi connectivity index (χ2n) is 3.06. The molecule has 0 aliphatic carbocycles. The van der Waals surface area contributed by atoms with Crippen LogP contribution in [-0.2, 0) is 9.53 Å². The molecule has 1 aromatic rings. The van der Waals surface area contributed by atoms with Crippen molar-refractivity contribution >= 4 is 37.8 Å². The number of aromatic hydroxyl groups is 1. The van der Waals surface area contributed by atoms with Crippen LogP contribution in [0.5, 0.6) is 5.75 Å². The fourth-order valence-corrected chi connectivity index (χ4v) is 2.44. The Bertz CT molecular complexity index is 386. The Morgan fingerprint density at radius 2 is 2.00 bits per heavy atom. The predicted octanol–water partition coefficient (Wildman–Crippen LogP) is 3.14. The first-order valence-corrected chi connectivity index (χ1v) is 5.91. The van der Waals surface area contributed by atoms with E-state index >= 15 is 0 Å². The SMILES string of the molecule is COC(=O)[C@@H](CF)c1cc(Br)c(O)c(Br)c1. The maximum Gasteiger partial charge on any atom is 0.315 e. The number of carbonyl (C=O) groups is 1. The van der Waals surface area contributed by atoms with Crippen molar-refractivity contribution in [2.45, 2.75) is 5.92 Å². The van der Waals surface area contributed by atoms with Crippen LogP contribution in [0.2, 0.25) is 0 Å². The molecule has 0 unspecified atom stereocenters. The summed E-state index contributed by atoms with van der Waals surface area (Å²) in [5.41, 5.74) is 0.436. The zero-order valence-electron chi connectivity index (χ0n) is 8.34. The largest absolute Gasteiger partial charge is 0.506 e. The average molecular weight is 356 g/mol. The van der Waals surface area contributed by atoms with Crippen LogP contribution < -0.4 is 0 Å². The maximum absolute atomic E-state index is 12.8. The van der Waals surface area contributed by atoms with Gasteiger partial charge in [-0.3, -0.25) is 4.79 Å². The van der Waals surface area contributed by atoms with Crippen LogP contribution >= 0.6 is 31.9 Å². The molecule has 0 aliphatic rings. The maximum atomic E-state index is 12.8. The second kappa shape index (κ2) is 5.63. The summed E-state index contributed by atoms with van der Waals surface area (Å²) in [7, 11) is 1.20. The van der Waals surface area contributed by atoms with Crippen molar-refractivity contribution in [3.8, 4) is 5.75 Å². The lowest BCUT2D eigenvalue weighted by molar-refractivity contribution is -0.142. The van der Waals surface area contributed by atoms with Gasteiger partial charge >= 0.3 is 5.97 Å². The van der Waals surface area contributed by atoms with Crippen molar-refractivity contribution < 1.29 is 19.0 Å². The minimum Gasteiger partial charge on any atom is -0.506 e. The van der Waals surface area contributed by atoms with Crippen LogP contribution in [0.4, 0.5) is 4.39 Å². The predicted molar refractivity (Wildman–Crippen MR) is 64.2 cm³/mol. The van der Waals surface area contributed by atoms with E-state index < -0.39 is 18.6 Å². The molecule has 0 amide bonds. The molecule has 0 radical (unpaired) electrons. The average Bonchev–Trinajstić information content (AvgIpc) is 2.26. The number of phenols is 1. The van der Waals surface area contributed by atoms with Crippen LogP contribution in [0.3, 0.4) is 0 Å². The van der Waals surface area contributed by atoms with Crippen molar-refractivity contribution in [3.63, 3.8) is 0 Å². The van der Waals surface area contributed by atoms with Gasteiger partial charge in [-0.05, 0) is 49.6 Å². The monoisotopic (exact) mass is 354 g/mol. The molecular formula is C10H9Br2FO3. The fourth-order valence-electron chi connectivity index (χ4n) is 1.22. The molecule has 0 aromatic heterocycles. The molecule has 88 valence electrons. The van der Waals surface area contributed by atoms with Gasteiger partial charge in [-0.2, -0.15) is 0 Å². The highest BCUT2D eigenvalue weighted by molar-refractivity contribution is 9.11. The number of benzene rings is 1. The lowest BCUT2D eigenvalue weighted by atomic mass is 10.0. The molecule has 0 spiro atoms. The summed E-state index contributed by atoms with van der Waals surface area (Å²) in [5.74, 6) is -1.61. The van der Waals surface area contributed by atoms with Gasteiger partial charge in [0.2, 0.25) is 0 Å². The molecule has 0 saturated heterocycles. The molecule has 3 nitrogen and oxygen atoms in total. The van der Waals surface area contributed by atoms with Crippen LogP contribution in [-0.4, -0.2) is 24.9 Å². The van der Waals surface area contributed by atoms with Gasteiger partial charge < -0.3 is 9.84 Å². The van der Waals surface area contributed by atoms with Gasteiger partial charge in [0, 0.05) is 0 Å². The molecule has 1 rings (SSSR count). The molecule has 0 fully saturated rings. The molecule has 1 N–H and O–H groups in total. The normalized spacial score (nSPS) is 12.2. The third kappa shape index (κ3) is 2.74. The van der Waals surface area contributed by atoms with E-state index in [1.165, 1.54) is 19.2 Å². The van der Waals surface area contributed by atoms with Gasteiger partial charge in [-0.25, -0.2) is 4.39 Å². The Balaban J connectivity index is 3.16. The van der Waals surface area contributed by atoms with Crippen molar-refractivity contribution in [1.29, 1.82) is 0 Å². The highest BCUT2D eigenvalue weighted by atomic mass is 79.9. The smallest absolute Gasteiger partial charge is 0.315 e. The van der Waals surface area contributed by atoms with Crippen LogP contribution in [0.15, 0.2) is 21.1 Å². The van der Waals surface area contributed by atoms with E-state index in [-0.39, 0.29) is 5.75 Å². The van der Waals surface area contributed by atoms with E-state index in [2.05, 4.69) is 36.6 Å². The Morgan fingerprint density at radius 3 is 2.38 bits per heavy atom. The molecule has 1 aromatic carbocycles. The summed E-state index contributed by atoms with van der Waals surface area (Å²) in [5, 5.41) is 9.48. The zero-order valence-corrected chi connectivity index (χ0v) is 11.5. The minimum atomic E-state index is -0.974. The molecule has 0 bridgehead atoms. The van der Waals surface area contributed by atoms with Gasteiger partial charge in [0.15, 0.2) is 0 Å². The summed E-state index contributed by atoms with van der Waals surface area (Å²) in [6.07, 6.45) is 0. The zero-order chi connectivity index (χ0) is 12.3. The number of hydrogen-bond donors (Lipinski definition) is 1. The molecule has 0 aliphatic heterocycles. The topological polar surface area (TPSA) is 46.5 Å². The van der Waals surface area contributed by atoms with E-state index in [0.717, 1.165) is 0 Å². The molecule has 0 saturated carbocycles. The quantitative estimate of drug-likeness (QED) is 0.847. The van der Waals surface area contributed by atoms with E-state index in [0.29, 0.717) is 14.5 Å². The number of methoxy groups -OCH3 is 1. The van der Waals surface area contributed by atoms with Crippen molar-refractivity contribution in [3.05, 3.63) is 26.6 Å².